The Labute approximate surface area is 162 Å². The fourth-order valence-corrected chi connectivity index (χ4v) is 3.54. The van der Waals surface area contributed by atoms with E-state index >= 15 is 0 Å². The Morgan fingerprint density at radius 2 is 1.84 bits per heavy atom. The molecule has 0 aliphatic carbocycles. The Hall–Kier alpha value is -2.18. The van der Waals surface area contributed by atoms with Gasteiger partial charge in [0.1, 0.15) is 11.5 Å². The maximum atomic E-state index is 4.76. The molecule has 25 heavy (non-hydrogen) atoms. The molecule has 0 unspecified atom stereocenters. The van der Waals surface area contributed by atoms with Crippen LogP contribution in [-0.2, 0) is 0 Å². The van der Waals surface area contributed by atoms with Crippen molar-refractivity contribution < 1.29 is 0 Å². The molecule has 0 aliphatic heterocycles. The number of fused-ring (bicyclic) bond motifs is 1. The van der Waals surface area contributed by atoms with E-state index in [4.69, 9.17) is 4.98 Å². The number of imidazole rings is 1. The first-order chi connectivity index (χ1) is 12.1. The summed E-state index contributed by atoms with van der Waals surface area (Å²) in [5.41, 5.74) is 4.91. The molecule has 0 fully saturated rings. The number of hydrogen-bond acceptors (Lipinski definition) is 3. The van der Waals surface area contributed by atoms with E-state index in [9.17, 15) is 0 Å². The zero-order valence-corrected chi connectivity index (χ0v) is 16.5. The monoisotopic (exact) mass is 456 g/mol. The van der Waals surface area contributed by atoms with E-state index in [-0.39, 0.29) is 0 Å². The van der Waals surface area contributed by atoms with Gasteiger partial charge in [-0.2, -0.15) is 0 Å². The largest absolute Gasteiger partial charge is 0.339 e. The summed E-state index contributed by atoms with van der Waals surface area (Å²) in [5.74, 6) is 0.907. The lowest BCUT2D eigenvalue weighted by molar-refractivity contribution is 1.13. The van der Waals surface area contributed by atoms with Crippen LogP contribution in [0.15, 0.2) is 70.0 Å². The molecule has 0 radical (unpaired) electrons. The standard InChI is InChI=1S/C19H14Br2N4/c1-12-2-7-16(15(21)10-12)23-19-18(13-3-5-14(20)6-4-13)24-17-11-22-8-9-25(17)19/h2-11,23H,1H3. The van der Waals surface area contributed by atoms with E-state index in [1.54, 1.807) is 12.4 Å². The number of hydrogen-bond donors (Lipinski definition) is 1. The zero-order valence-electron chi connectivity index (χ0n) is 13.4. The number of rotatable bonds is 3. The van der Waals surface area contributed by atoms with Crippen LogP contribution in [0.5, 0.6) is 0 Å². The summed E-state index contributed by atoms with van der Waals surface area (Å²) in [7, 11) is 0. The summed E-state index contributed by atoms with van der Waals surface area (Å²) in [6.07, 6.45) is 5.43. The van der Waals surface area contributed by atoms with Gasteiger partial charge in [-0.15, -0.1) is 0 Å². The molecule has 2 aromatic carbocycles. The number of anilines is 2. The molecule has 0 aliphatic rings. The molecule has 0 saturated carbocycles. The van der Waals surface area contributed by atoms with Crippen LogP contribution in [-0.4, -0.2) is 14.4 Å². The van der Waals surface area contributed by atoms with E-state index in [1.165, 1.54) is 5.56 Å². The van der Waals surface area contributed by atoms with Crippen molar-refractivity contribution in [3.8, 4) is 11.3 Å². The third-order valence-corrected chi connectivity index (χ3v) is 5.11. The molecule has 0 bridgehead atoms. The molecular formula is C19H14Br2N4. The predicted octanol–water partition coefficient (Wildman–Crippen LogP) is 5.97. The summed E-state index contributed by atoms with van der Waals surface area (Å²) in [6.45, 7) is 2.07. The lowest BCUT2D eigenvalue weighted by atomic mass is 10.1. The van der Waals surface area contributed by atoms with Crippen LogP contribution in [0.3, 0.4) is 0 Å². The van der Waals surface area contributed by atoms with Crippen LogP contribution in [0.2, 0.25) is 0 Å². The number of aromatic nitrogens is 3. The summed E-state index contributed by atoms with van der Waals surface area (Å²) in [5, 5.41) is 3.52. The summed E-state index contributed by atoms with van der Waals surface area (Å²) in [4.78, 5) is 8.95. The minimum Gasteiger partial charge on any atom is -0.339 e. The lowest BCUT2D eigenvalue weighted by Gasteiger charge is -2.11. The van der Waals surface area contributed by atoms with Gasteiger partial charge in [0.2, 0.25) is 0 Å². The second-order valence-corrected chi connectivity index (χ2v) is 7.50. The highest BCUT2D eigenvalue weighted by Crippen LogP contribution is 2.34. The van der Waals surface area contributed by atoms with Gasteiger partial charge in [-0.3, -0.25) is 9.38 Å². The topological polar surface area (TPSA) is 42.2 Å². The van der Waals surface area contributed by atoms with Gasteiger partial charge in [0.15, 0.2) is 5.65 Å². The normalized spacial score (nSPS) is 11.0. The van der Waals surface area contributed by atoms with E-state index in [0.717, 1.165) is 37.4 Å². The van der Waals surface area contributed by atoms with Gasteiger partial charge in [0.25, 0.3) is 0 Å². The summed E-state index contributed by atoms with van der Waals surface area (Å²) < 4.78 is 4.06. The number of halogens is 2. The van der Waals surface area contributed by atoms with Gasteiger partial charge in [-0.1, -0.05) is 34.1 Å². The van der Waals surface area contributed by atoms with Crippen molar-refractivity contribution in [2.75, 3.05) is 5.32 Å². The Morgan fingerprint density at radius 3 is 2.60 bits per heavy atom. The van der Waals surface area contributed by atoms with E-state index in [1.807, 2.05) is 22.7 Å². The number of aryl methyl sites for hydroxylation is 1. The molecule has 4 nitrogen and oxygen atoms in total. The lowest BCUT2D eigenvalue weighted by Crippen LogP contribution is -1.98. The molecule has 0 atom stereocenters. The first-order valence-corrected chi connectivity index (χ1v) is 9.31. The predicted molar refractivity (Wildman–Crippen MR) is 108 cm³/mol. The fraction of sp³-hybridized carbons (Fsp3) is 0.0526. The molecule has 4 rings (SSSR count). The minimum atomic E-state index is 0.797. The Balaban J connectivity index is 1.88. The van der Waals surface area contributed by atoms with Crippen molar-refractivity contribution in [3.05, 3.63) is 75.6 Å². The fourth-order valence-electron chi connectivity index (χ4n) is 2.68. The average molecular weight is 458 g/mol. The first-order valence-electron chi connectivity index (χ1n) is 7.73. The van der Waals surface area contributed by atoms with Crippen LogP contribution < -0.4 is 5.32 Å². The van der Waals surface area contributed by atoms with Crippen molar-refractivity contribution in [1.29, 1.82) is 0 Å². The van der Waals surface area contributed by atoms with Gasteiger partial charge < -0.3 is 5.32 Å². The van der Waals surface area contributed by atoms with Gasteiger partial charge in [-0.25, -0.2) is 4.98 Å². The number of nitrogens with zero attached hydrogens (tertiary/aromatic N) is 3. The van der Waals surface area contributed by atoms with Crippen molar-refractivity contribution in [2.45, 2.75) is 6.92 Å². The van der Waals surface area contributed by atoms with Gasteiger partial charge in [0, 0.05) is 26.9 Å². The van der Waals surface area contributed by atoms with E-state index < -0.39 is 0 Å². The molecule has 0 saturated heterocycles. The van der Waals surface area contributed by atoms with Crippen LogP contribution in [0.25, 0.3) is 16.9 Å². The quantitative estimate of drug-likeness (QED) is 0.411. The first kappa shape index (κ1) is 16.3. The second kappa shape index (κ2) is 6.61. The third-order valence-electron chi connectivity index (χ3n) is 3.93. The SMILES string of the molecule is Cc1ccc(Nc2c(-c3ccc(Br)cc3)nc3cnccn23)c(Br)c1. The Bertz CT molecular complexity index is 1050. The van der Waals surface area contributed by atoms with Crippen LogP contribution >= 0.6 is 31.9 Å². The maximum absolute atomic E-state index is 4.76. The van der Waals surface area contributed by atoms with Crippen LogP contribution in [0.4, 0.5) is 11.5 Å². The molecule has 2 aromatic heterocycles. The molecular weight excluding hydrogens is 444 g/mol. The highest BCUT2D eigenvalue weighted by molar-refractivity contribution is 9.10. The Morgan fingerprint density at radius 1 is 1.04 bits per heavy atom. The van der Waals surface area contributed by atoms with Crippen LogP contribution in [0.1, 0.15) is 5.56 Å². The molecule has 0 amide bonds. The maximum Gasteiger partial charge on any atom is 0.157 e. The number of benzene rings is 2. The summed E-state index contributed by atoms with van der Waals surface area (Å²) >= 11 is 7.12. The third kappa shape index (κ3) is 3.19. The van der Waals surface area contributed by atoms with Gasteiger partial charge in [-0.05, 0) is 52.7 Å². The van der Waals surface area contributed by atoms with Gasteiger partial charge >= 0.3 is 0 Å². The second-order valence-electron chi connectivity index (χ2n) is 5.73. The molecule has 0 spiro atoms. The van der Waals surface area contributed by atoms with Crippen molar-refractivity contribution in [3.63, 3.8) is 0 Å². The van der Waals surface area contributed by atoms with Crippen molar-refractivity contribution >= 4 is 49.0 Å². The van der Waals surface area contributed by atoms with Crippen molar-refractivity contribution in [2.24, 2.45) is 0 Å². The molecule has 124 valence electrons. The summed E-state index contributed by atoms with van der Waals surface area (Å²) in [6, 6.07) is 14.4. The molecule has 1 N–H and O–H groups in total. The number of nitrogens with one attached hydrogen (secondary N) is 1. The molecule has 2 heterocycles. The van der Waals surface area contributed by atoms with E-state index in [2.05, 4.69) is 79.4 Å². The average Bonchev–Trinajstić information content (AvgIpc) is 2.97. The smallest absolute Gasteiger partial charge is 0.157 e. The zero-order chi connectivity index (χ0) is 17.4. The molecule has 6 heteroatoms. The highest BCUT2D eigenvalue weighted by Gasteiger charge is 2.15. The van der Waals surface area contributed by atoms with Crippen LogP contribution in [0, 0.1) is 6.92 Å². The molecule has 4 aromatic rings. The van der Waals surface area contributed by atoms with Gasteiger partial charge in [0.05, 0.1) is 11.9 Å². The Kier molecular flexibility index (Phi) is 4.31. The van der Waals surface area contributed by atoms with Crippen molar-refractivity contribution in [1.82, 2.24) is 14.4 Å². The minimum absolute atomic E-state index is 0.797. The van der Waals surface area contributed by atoms with E-state index in [0.29, 0.717) is 0 Å². The highest BCUT2D eigenvalue weighted by atomic mass is 79.9.